The number of amides is 1. The van der Waals surface area contributed by atoms with Crippen molar-refractivity contribution in [2.45, 2.75) is 6.92 Å². The van der Waals surface area contributed by atoms with Crippen LogP contribution in [0.1, 0.15) is 12.5 Å². The number of hydrogen-bond acceptors (Lipinski definition) is 6. The van der Waals surface area contributed by atoms with E-state index in [1.807, 2.05) is 42.2 Å². The van der Waals surface area contributed by atoms with Crippen molar-refractivity contribution in [3.63, 3.8) is 0 Å². The van der Waals surface area contributed by atoms with E-state index in [0.29, 0.717) is 43.4 Å². The maximum absolute atomic E-state index is 12.5. The summed E-state index contributed by atoms with van der Waals surface area (Å²) in [6.45, 7) is 6.67. The first kappa shape index (κ1) is 21.5. The quantitative estimate of drug-likeness (QED) is 0.634. The standard InChI is InChI=1S/C23H27N3O4/c1-2-28-22-16-19(17-24)8-9-21(22)30-18-23(27)26-12-10-25(11-13-26)14-15-29-20-6-4-3-5-7-20/h3-9,16H,2,10-15,18H2,1H3. The van der Waals surface area contributed by atoms with E-state index in [2.05, 4.69) is 11.0 Å². The summed E-state index contributed by atoms with van der Waals surface area (Å²) in [4.78, 5) is 16.6. The summed E-state index contributed by atoms with van der Waals surface area (Å²) in [5.74, 6) is 1.77. The molecule has 3 rings (SSSR count). The highest BCUT2D eigenvalue weighted by atomic mass is 16.5. The van der Waals surface area contributed by atoms with Crippen molar-refractivity contribution >= 4 is 5.91 Å². The minimum Gasteiger partial charge on any atom is -0.492 e. The van der Waals surface area contributed by atoms with Crippen molar-refractivity contribution in [3.05, 3.63) is 54.1 Å². The number of ether oxygens (including phenoxy) is 3. The Labute approximate surface area is 177 Å². The first-order chi connectivity index (χ1) is 14.7. The third-order valence-electron chi connectivity index (χ3n) is 4.87. The van der Waals surface area contributed by atoms with Gasteiger partial charge < -0.3 is 19.1 Å². The maximum atomic E-state index is 12.5. The first-order valence-electron chi connectivity index (χ1n) is 10.2. The van der Waals surface area contributed by atoms with Crippen LogP contribution in [0.25, 0.3) is 0 Å². The zero-order valence-electron chi connectivity index (χ0n) is 17.3. The van der Waals surface area contributed by atoms with Crippen molar-refractivity contribution < 1.29 is 19.0 Å². The van der Waals surface area contributed by atoms with Crippen molar-refractivity contribution in [3.8, 4) is 23.3 Å². The van der Waals surface area contributed by atoms with Crippen LogP contribution in [0.5, 0.6) is 17.2 Å². The van der Waals surface area contributed by atoms with Crippen LogP contribution in [0.2, 0.25) is 0 Å². The fourth-order valence-electron chi connectivity index (χ4n) is 3.23. The minimum atomic E-state index is -0.0537. The van der Waals surface area contributed by atoms with Gasteiger partial charge in [-0.1, -0.05) is 18.2 Å². The molecule has 1 amide bonds. The van der Waals surface area contributed by atoms with E-state index in [4.69, 9.17) is 19.5 Å². The van der Waals surface area contributed by atoms with E-state index in [9.17, 15) is 4.79 Å². The molecule has 30 heavy (non-hydrogen) atoms. The second kappa shape index (κ2) is 11.1. The van der Waals surface area contributed by atoms with Gasteiger partial charge in [0.2, 0.25) is 0 Å². The monoisotopic (exact) mass is 409 g/mol. The fourth-order valence-corrected chi connectivity index (χ4v) is 3.23. The fraction of sp³-hybridized carbons (Fsp3) is 0.391. The van der Waals surface area contributed by atoms with Crippen molar-refractivity contribution in [2.75, 3.05) is 52.5 Å². The predicted molar refractivity (Wildman–Crippen MR) is 113 cm³/mol. The number of hydrogen-bond donors (Lipinski definition) is 0. The normalized spacial score (nSPS) is 14.1. The van der Waals surface area contributed by atoms with Gasteiger partial charge in [0.25, 0.3) is 5.91 Å². The SMILES string of the molecule is CCOc1cc(C#N)ccc1OCC(=O)N1CCN(CCOc2ccccc2)CC1. The highest BCUT2D eigenvalue weighted by Gasteiger charge is 2.21. The summed E-state index contributed by atoms with van der Waals surface area (Å²) in [5.41, 5.74) is 0.490. The molecule has 158 valence electrons. The number of benzene rings is 2. The molecule has 0 aromatic heterocycles. The van der Waals surface area contributed by atoms with E-state index in [-0.39, 0.29) is 12.5 Å². The third-order valence-corrected chi connectivity index (χ3v) is 4.87. The number of piperazine rings is 1. The van der Waals surface area contributed by atoms with Crippen LogP contribution >= 0.6 is 0 Å². The summed E-state index contributed by atoms with van der Waals surface area (Å²) in [6, 6.07) is 16.8. The molecular formula is C23H27N3O4. The van der Waals surface area contributed by atoms with Gasteiger partial charge in [-0.2, -0.15) is 5.26 Å². The summed E-state index contributed by atoms with van der Waals surface area (Å²) in [7, 11) is 0. The summed E-state index contributed by atoms with van der Waals surface area (Å²) >= 11 is 0. The molecule has 1 aliphatic rings. The van der Waals surface area contributed by atoms with Crippen LogP contribution in [0.15, 0.2) is 48.5 Å². The Balaban J connectivity index is 1.41. The summed E-state index contributed by atoms with van der Waals surface area (Å²) in [5, 5.41) is 9.02. The molecule has 0 bridgehead atoms. The molecule has 0 unspecified atom stereocenters. The zero-order chi connectivity index (χ0) is 21.2. The van der Waals surface area contributed by atoms with Gasteiger partial charge in [-0.05, 0) is 31.2 Å². The van der Waals surface area contributed by atoms with E-state index in [1.54, 1.807) is 18.2 Å². The number of carbonyl (C=O) groups excluding carboxylic acids is 1. The molecule has 0 spiro atoms. The Morgan fingerprint density at radius 1 is 1.00 bits per heavy atom. The molecule has 1 saturated heterocycles. The molecule has 2 aromatic carbocycles. The van der Waals surface area contributed by atoms with Gasteiger partial charge in [-0.25, -0.2) is 0 Å². The third kappa shape index (κ3) is 6.13. The number of carbonyl (C=O) groups is 1. The lowest BCUT2D eigenvalue weighted by molar-refractivity contribution is -0.135. The molecule has 0 N–H and O–H groups in total. The number of rotatable bonds is 9. The second-order valence-electron chi connectivity index (χ2n) is 6.88. The molecule has 1 heterocycles. The Kier molecular flexibility index (Phi) is 7.93. The zero-order valence-corrected chi connectivity index (χ0v) is 17.3. The molecule has 1 fully saturated rings. The molecule has 7 heteroatoms. The van der Waals surface area contributed by atoms with Gasteiger partial charge >= 0.3 is 0 Å². The van der Waals surface area contributed by atoms with Crippen LogP contribution in [0, 0.1) is 11.3 Å². The topological polar surface area (TPSA) is 75.0 Å². The smallest absolute Gasteiger partial charge is 0.260 e. The van der Waals surface area contributed by atoms with Gasteiger partial charge in [0.15, 0.2) is 18.1 Å². The van der Waals surface area contributed by atoms with E-state index >= 15 is 0 Å². The van der Waals surface area contributed by atoms with E-state index in [1.165, 1.54) is 0 Å². The molecule has 0 radical (unpaired) electrons. The predicted octanol–water partition coefficient (Wildman–Crippen LogP) is 2.56. The largest absolute Gasteiger partial charge is 0.492 e. The lowest BCUT2D eigenvalue weighted by atomic mass is 10.2. The van der Waals surface area contributed by atoms with Crippen molar-refractivity contribution in [2.24, 2.45) is 0 Å². The van der Waals surface area contributed by atoms with Gasteiger partial charge in [0.1, 0.15) is 12.4 Å². The van der Waals surface area contributed by atoms with E-state index < -0.39 is 0 Å². The van der Waals surface area contributed by atoms with Crippen molar-refractivity contribution in [1.82, 2.24) is 9.80 Å². The Morgan fingerprint density at radius 2 is 1.77 bits per heavy atom. The molecule has 0 atom stereocenters. The van der Waals surface area contributed by atoms with Crippen molar-refractivity contribution in [1.29, 1.82) is 5.26 Å². The first-order valence-corrected chi connectivity index (χ1v) is 10.2. The highest BCUT2D eigenvalue weighted by molar-refractivity contribution is 5.78. The molecular weight excluding hydrogens is 382 g/mol. The van der Waals surface area contributed by atoms with Gasteiger partial charge in [0.05, 0.1) is 18.2 Å². The van der Waals surface area contributed by atoms with Crippen LogP contribution < -0.4 is 14.2 Å². The molecule has 7 nitrogen and oxygen atoms in total. The van der Waals surface area contributed by atoms with E-state index in [0.717, 1.165) is 25.4 Å². The Morgan fingerprint density at radius 3 is 2.47 bits per heavy atom. The lowest BCUT2D eigenvalue weighted by Gasteiger charge is -2.34. The number of para-hydroxylation sites is 1. The maximum Gasteiger partial charge on any atom is 0.260 e. The Hall–Kier alpha value is -3.24. The van der Waals surface area contributed by atoms with Gasteiger partial charge in [0, 0.05) is 38.8 Å². The molecule has 0 saturated carbocycles. The van der Waals surface area contributed by atoms with Gasteiger partial charge in [-0.15, -0.1) is 0 Å². The lowest BCUT2D eigenvalue weighted by Crippen LogP contribution is -2.50. The summed E-state index contributed by atoms with van der Waals surface area (Å²) < 4.78 is 17.0. The minimum absolute atomic E-state index is 0.0525. The molecule has 0 aliphatic carbocycles. The second-order valence-corrected chi connectivity index (χ2v) is 6.88. The number of nitrogens with zero attached hydrogens (tertiary/aromatic N) is 3. The van der Waals surface area contributed by atoms with Crippen LogP contribution in [-0.2, 0) is 4.79 Å². The summed E-state index contributed by atoms with van der Waals surface area (Å²) in [6.07, 6.45) is 0. The van der Waals surface area contributed by atoms with Crippen LogP contribution in [0.4, 0.5) is 0 Å². The van der Waals surface area contributed by atoms with Gasteiger partial charge in [-0.3, -0.25) is 9.69 Å². The molecule has 2 aromatic rings. The average molecular weight is 409 g/mol. The Bertz CT molecular complexity index is 858. The molecule has 1 aliphatic heterocycles. The number of nitriles is 1. The highest BCUT2D eigenvalue weighted by Crippen LogP contribution is 2.28. The van der Waals surface area contributed by atoms with Crippen LogP contribution in [0.3, 0.4) is 0 Å². The van der Waals surface area contributed by atoms with Crippen LogP contribution in [-0.4, -0.2) is 68.3 Å². The average Bonchev–Trinajstić information content (AvgIpc) is 2.79.